The van der Waals surface area contributed by atoms with Gasteiger partial charge in [0.25, 0.3) is 5.91 Å². The summed E-state index contributed by atoms with van der Waals surface area (Å²) in [5.41, 5.74) is 4.50. The van der Waals surface area contributed by atoms with E-state index in [0.29, 0.717) is 0 Å². The number of rotatable bonds is 4. The Balaban J connectivity index is 1.98. The number of hydrogen-bond acceptors (Lipinski definition) is 5. The van der Waals surface area contributed by atoms with Gasteiger partial charge in [0, 0.05) is 0 Å². The second kappa shape index (κ2) is 8.48. The lowest BCUT2D eigenvalue weighted by Crippen LogP contribution is -2.31. The summed E-state index contributed by atoms with van der Waals surface area (Å²) in [5.74, 6) is -1.01. The molecule has 0 spiro atoms. The molecular formula is C26H25NO5S. The van der Waals surface area contributed by atoms with Crippen molar-refractivity contribution in [2.45, 2.75) is 44.0 Å². The summed E-state index contributed by atoms with van der Waals surface area (Å²) in [4.78, 5) is 27.5. The van der Waals surface area contributed by atoms with Gasteiger partial charge < -0.3 is 9.64 Å². The standard InChI is InChI=1S/C26H25NO5S/c1-5-32-26(29)19-10-11-24-22(14-19)27(15-21-17(3)12-16(2)13-18(21)4)25(28)20-8-6-7-9-23(20)33(24,30)31/h6-14H,5,15H2,1-4H3. The number of fused-ring (bicyclic) bond motifs is 2. The van der Waals surface area contributed by atoms with E-state index >= 15 is 0 Å². The van der Waals surface area contributed by atoms with E-state index in [1.165, 1.54) is 35.2 Å². The van der Waals surface area contributed by atoms with Gasteiger partial charge in [-0.25, -0.2) is 13.2 Å². The minimum atomic E-state index is -3.99. The summed E-state index contributed by atoms with van der Waals surface area (Å²) in [7, 11) is -3.99. The molecule has 0 aromatic heterocycles. The van der Waals surface area contributed by atoms with Gasteiger partial charge in [-0.15, -0.1) is 0 Å². The quantitative estimate of drug-likeness (QED) is 0.520. The molecule has 0 bridgehead atoms. The molecule has 0 saturated heterocycles. The van der Waals surface area contributed by atoms with Crippen LogP contribution in [0.3, 0.4) is 0 Å². The third kappa shape index (κ3) is 3.93. The molecule has 0 aliphatic carbocycles. The first-order valence-electron chi connectivity index (χ1n) is 10.7. The average Bonchev–Trinajstić information content (AvgIpc) is 2.84. The van der Waals surface area contributed by atoms with Crippen molar-refractivity contribution >= 4 is 27.4 Å². The molecule has 0 unspecified atom stereocenters. The lowest BCUT2D eigenvalue weighted by atomic mass is 9.98. The van der Waals surface area contributed by atoms with E-state index in [2.05, 4.69) is 0 Å². The number of aryl methyl sites for hydroxylation is 3. The fourth-order valence-electron chi connectivity index (χ4n) is 4.32. The van der Waals surface area contributed by atoms with Crippen molar-refractivity contribution < 1.29 is 22.7 Å². The highest BCUT2D eigenvalue weighted by atomic mass is 32.2. The van der Waals surface area contributed by atoms with Crippen molar-refractivity contribution in [1.82, 2.24) is 0 Å². The number of amides is 1. The Hall–Kier alpha value is -3.45. The highest BCUT2D eigenvalue weighted by Gasteiger charge is 2.36. The average molecular weight is 464 g/mol. The van der Waals surface area contributed by atoms with Crippen LogP contribution in [-0.4, -0.2) is 26.9 Å². The SMILES string of the molecule is CCOC(=O)c1ccc2c(c1)N(Cc1c(C)cc(C)cc1C)C(=O)c1ccccc1S2(=O)=O. The normalized spacial score (nSPS) is 14.3. The minimum Gasteiger partial charge on any atom is -0.462 e. The largest absolute Gasteiger partial charge is 0.462 e. The number of nitrogens with zero attached hydrogens (tertiary/aromatic N) is 1. The molecule has 33 heavy (non-hydrogen) atoms. The van der Waals surface area contributed by atoms with Gasteiger partial charge in [-0.2, -0.15) is 0 Å². The van der Waals surface area contributed by atoms with Crippen LogP contribution in [0.15, 0.2) is 64.4 Å². The first kappa shape index (κ1) is 22.7. The summed E-state index contributed by atoms with van der Waals surface area (Å²) in [6.07, 6.45) is 0. The molecule has 170 valence electrons. The Kier molecular flexibility index (Phi) is 5.84. The molecule has 6 nitrogen and oxygen atoms in total. The first-order chi connectivity index (χ1) is 15.6. The molecule has 1 aliphatic rings. The van der Waals surface area contributed by atoms with Crippen LogP contribution in [0.4, 0.5) is 5.69 Å². The van der Waals surface area contributed by atoms with Crippen LogP contribution in [0.5, 0.6) is 0 Å². The number of sulfone groups is 1. The first-order valence-corrected chi connectivity index (χ1v) is 12.2. The molecule has 1 heterocycles. The minimum absolute atomic E-state index is 0.0173. The van der Waals surface area contributed by atoms with Crippen LogP contribution in [0.25, 0.3) is 0 Å². The van der Waals surface area contributed by atoms with Crippen molar-refractivity contribution in [3.63, 3.8) is 0 Å². The van der Waals surface area contributed by atoms with Gasteiger partial charge in [-0.05, 0) is 74.7 Å². The molecule has 0 fully saturated rings. The van der Waals surface area contributed by atoms with E-state index in [0.717, 1.165) is 22.3 Å². The Morgan fingerprint density at radius 1 is 0.939 bits per heavy atom. The lowest BCUT2D eigenvalue weighted by Gasteiger charge is -2.25. The predicted octanol–water partition coefficient (Wildman–Crippen LogP) is 4.78. The smallest absolute Gasteiger partial charge is 0.338 e. The summed E-state index contributed by atoms with van der Waals surface area (Å²) >= 11 is 0. The van der Waals surface area contributed by atoms with Gasteiger partial charge >= 0.3 is 5.97 Å². The number of ether oxygens (including phenoxy) is 1. The molecule has 0 N–H and O–H groups in total. The summed E-state index contributed by atoms with van der Waals surface area (Å²) in [5, 5.41) is 0. The van der Waals surface area contributed by atoms with Crippen LogP contribution in [0, 0.1) is 20.8 Å². The molecule has 4 rings (SSSR count). The highest BCUT2D eigenvalue weighted by Crippen LogP contribution is 2.38. The van der Waals surface area contributed by atoms with E-state index in [-0.39, 0.29) is 39.8 Å². The van der Waals surface area contributed by atoms with Crippen LogP contribution < -0.4 is 4.90 Å². The van der Waals surface area contributed by atoms with Crippen molar-refractivity contribution in [3.8, 4) is 0 Å². The van der Waals surface area contributed by atoms with E-state index in [1.807, 2.05) is 32.9 Å². The molecule has 3 aromatic carbocycles. The maximum atomic E-state index is 13.7. The number of benzene rings is 3. The zero-order valence-electron chi connectivity index (χ0n) is 19.0. The Bertz CT molecular complexity index is 1370. The van der Waals surface area contributed by atoms with E-state index in [9.17, 15) is 18.0 Å². The monoisotopic (exact) mass is 463 g/mol. The number of carbonyl (C=O) groups excluding carboxylic acids is 2. The Labute approximate surface area is 193 Å². The zero-order valence-corrected chi connectivity index (χ0v) is 19.8. The van der Waals surface area contributed by atoms with Crippen LogP contribution in [-0.2, 0) is 21.1 Å². The summed E-state index contributed by atoms with van der Waals surface area (Å²) in [6, 6.07) is 14.5. The fourth-order valence-corrected chi connectivity index (χ4v) is 5.95. The third-order valence-electron chi connectivity index (χ3n) is 5.86. The molecule has 0 atom stereocenters. The van der Waals surface area contributed by atoms with Gasteiger partial charge in [0.05, 0.1) is 39.8 Å². The van der Waals surface area contributed by atoms with Crippen molar-refractivity contribution in [2.75, 3.05) is 11.5 Å². The third-order valence-corrected chi connectivity index (χ3v) is 7.72. The van der Waals surface area contributed by atoms with Crippen molar-refractivity contribution in [1.29, 1.82) is 0 Å². The Morgan fingerprint density at radius 3 is 2.27 bits per heavy atom. The summed E-state index contributed by atoms with van der Waals surface area (Å²) < 4.78 is 32.2. The molecule has 3 aromatic rings. The molecule has 0 saturated carbocycles. The number of hydrogen-bond donors (Lipinski definition) is 0. The van der Waals surface area contributed by atoms with Crippen LogP contribution in [0.1, 0.15) is 49.9 Å². The number of carbonyl (C=O) groups is 2. The van der Waals surface area contributed by atoms with E-state index < -0.39 is 21.7 Å². The highest BCUT2D eigenvalue weighted by molar-refractivity contribution is 7.91. The number of esters is 1. The van der Waals surface area contributed by atoms with Gasteiger partial charge in [0.15, 0.2) is 0 Å². The van der Waals surface area contributed by atoms with Crippen molar-refractivity contribution in [3.05, 3.63) is 88.0 Å². The molecule has 1 amide bonds. The predicted molar refractivity (Wildman–Crippen MR) is 125 cm³/mol. The zero-order chi connectivity index (χ0) is 23.9. The topological polar surface area (TPSA) is 80.8 Å². The molecule has 7 heteroatoms. The number of anilines is 1. The van der Waals surface area contributed by atoms with E-state index in [1.54, 1.807) is 19.1 Å². The molecule has 0 radical (unpaired) electrons. The molecule has 1 aliphatic heterocycles. The van der Waals surface area contributed by atoms with Gasteiger partial charge in [0.2, 0.25) is 9.84 Å². The van der Waals surface area contributed by atoms with Crippen LogP contribution >= 0.6 is 0 Å². The second-order valence-electron chi connectivity index (χ2n) is 8.17. The fraction of sp³-hybridized carbons (Fsp3) is 0.231. The summed E-state index contributed by atoms with van der Waals surface area (Å²) in [6.45, 7) is 7.99. The maximum absolute atomic E-state index is 13.7. The maximum Gasteiger partial charge on any atom is 0.338 e. The second-order valence-corrected chi connectivity index (χ2v) is 10.1. The van der Waals surface area contributed by atoms with Crippen LogP contribution in [0.2, 0.25) is 0 Å². The van der Waals surface area contributed by atoms with Gasteiger partial charge in [0.1, 0.15) is 0 Å². The van der Waals surface area contributed by atoms with Gasteiger partial charge in [-0.1, -0.05) is 29.8 Å². The molecular weight excluding hydrogens is 438 g/mol. The van der Waals surface area contributed by atoms with Gasteiger partial charge in [-0.3, -0.25) is 4.79 Å². The van der Waals surface area contributed by atoms with E-state index in [4.69, 9.17) is 4.74 Å². The Morgan fingerprint density at radius 2 is 1.61 bits per heavy atom. The van der Waals surface area contributed by atoms with Crippen molar-refractivity contribution in [2.24, 2.45) is 0 Å². The lowest BCUT2D eigenvalue weighted by molar-refractivity contribution is 0.0526.